The van der Waals surface area contributed by atoms with Gasteiger partial charge in [0.15, 0.2) is 0 Å². The summed E-state index contributed by atoms with van der Waals surface area (Å²) >= 11 is 0. The number of fused-ring (bicyclic) bond motifs is 1. The van der Waals surface area contributed by atoms with E-state index in [1.54, 1.807) is 6.92 Å². The Morgan fingerprint density at radius 1 is 1.50 bits per heavy atom. The summed E-state index contributed by atoms with van der Waals surface area (Å²) in [6.07, 6.45) is 1.38. The largest absolute Gasteiger partial charge is 0.477 e. The first-order valence-electron chi connectivity index (χ1n) is 5.26. The second kappa shape index (κ2) is 4.48. The van der Waals surface area contributed by atoms with Crippen molar-refractivity contribution >= 4 is 17.5 Å². The Hall–Kier alpha value is -2.37. The van der Waals surface area contributed by atoms with Crippen LogP contribution in [0.3, 0.4) is 0 Å². The van der Waals surface area contributed by atoms with Gasteiger partial charge in [0.25, 0.3) is 0 Å². The van der Waals surface area contributed by atoms with Gasteiger partial charge in [-0.05, 0) is 25.1 Å². The van der Waals surface area contributed by atoms with Gasteiger partial charge in [0.05, 0.1) is 17.7 Å². The van der Waals surface area contributed by atoms with Crippen molar-refractivity contribution in [2.24, 2.45) is 0 Å². The minimum Gasteiger partial charge on any atom is -0.477 e. The molecule has 0 amide bonds. The second-order valence-electron chi connectivity index (χ2n) is 3.54. The fraction of sp³-hybridized carbons (Fsp3) is 0.167. The monoisotopic (exact) mass is 251 g/mol. The topological polar surface area (TPSA) is 68.0 Å². The Balaban J connectivity index is 2.74. The van der Waals surface area contributed by atoms with Crippen molar-refractivity contribution < 1.29 is 23.8 Å². The number of halogens is 1. The molecule has 5 nitrogen and oxygen atoms in total. The van der Waals surface area contributed by atoms with Crippen molar-refractivity contribution in [1.29, 1.82) is 0 Å². The maximum atomic E-state index is 13.7. The van der Waals surface area contributed by atoms with Crippen molar-refractivity contribution in [1.82, 2.24) is 4.40 Å². The van der Waals surface area contributed by atoms with Gasteiger partial charge in [-0.1, -0.05) is 0 Å². The predicted octanol–water partition coefficient (Wildman–Crippen LogP) is 1.95. The van der Waals surface area contributed by atoms with Crippen molar-refractivity contribution in [3.8, 4) is 0 Å². The molecule has 2 heterocycles. The Labute approximate surface area is 101 Å². The standard InChI is InChI=1S/C12H10FNO4/c1-2-18-12(17)7-6-9(11(15)16)14-5-3-4-8(13)10(7)14/h3-6H,2H2,1H3,(H,15,16). The molecule has 0 radical (unpaired) electrons. The molecule has 2 aromatic heterocycles. The van der Waals surface area contributed by atoms with E-state index in [0.29, 0.717) is 0 Å². The quantitative estimate of drug-likeness (QED) is 0.846. The van der Waals surface area contributed by atoms with E-state index >= 15 is 0 Å². The Morgan fingerprint density at radius 2 is 2.22 bits per heavy atom. The number of rotatable bonds is 3. The lowest BCUT2D eigenvalue weighted by Crippen LogP contribution is -2.04. The SMILES string of the molecule is CCOC(=O)c1cc(C(=O)O)n2cccc(F)c12. The second-order valence-corrected chi connectivity index (χ2v) is 3.54. The molecule has 0 saturated heterocycles. The van der Waals surface area contributed by atoms with Crippen LogP contribution in [0.2, 0.25) is 0 Å². The van der Waals surface area contributed by atoms with Crippen LogP contribution in [-0.4, -0.2) is 28.1 Å². The lowest BCUT2D eigenvalue weighted by Gasteiger charge is -2.01. The van der Waals surface area contributed by atoms with E-state index in [4.69, 9.17) is 9.84 Å². The molecule has 0 spiro atoms. The summed E-state index contributed by atoms with van der Waals surface area (Å²) in [6, 6.07) is 3.63. The van der Waals surface area contributed by atoms with E-state index < -0.39 is 17.8 Å². The third-order valence-electron chi connectivity index (χ3n) is 2.45. The number of pyridine rings is 1. The third-order valence-corrected chi connectivity index (χ3v) is 2.45. The highest BCUT2D eigenvalue weighted by Crippen LogP contribution is 2.21. The van der Waals surface area contributed by atoms with Crippen molar-refractivity contribution in [3.05, 3.63) is 41.5 Å². The van der Waals surface area contributed by atoms with Crippen LogP contribution in [0.15, 0.2) is 24.4 Å². The summed E-state index contributed by atoms with van der Waals surface area (Å²) in [5.41, 5.74) is -0.367. The lowest BCUT2D eigenvalue weighted by atomic mass is 10.2. The summed E-state index contributed by atoms with van der Waals surface area (Å²) in [5, 5.41) is 9.00. The molecule has 0 aliphatic heterocycles. The van der Waals surface area contributed by atoms with Gasteiger partial charge in [-0.2, -0.15) is 0 Å². The highest BCUT2D eigenvalue weighted by Gasteiger charge is 2.22. The summed E-state index contributed by atoms with van der Waals surface area (Å²) in [7, 11) is 0. The zero-order valence-electron chi connectivity index (χ0n) is 9.51. The fourth-order valence-electron chi connectivity index (χ4n) is 1.75. The van der Waals surface area contributed by atoms with Gasteiger partial charge in [-0.25, -0.2) is 14.0 Å². The Morgan fingerprint density at radius 3 is 2.83 bits per heavy atom. The summed E-state index contributed by atoms with van der Waals surface area (Å²) < 4.78 is 19.6. The van der Waals surface area contributed by atoms with Crippen LogP contribution >= 0.6 is 0 Å². The fourth-order valence-corrected chi connectivity index (χ4v) is 1.75. The number of nitrogens with zero attached hydrogens (tertiary/aromatic N) is 1. The molecule has 0 unspecified atom stereocenters. The van der Waals surface area contributed by atoms with Crippen LogP contribution in [0.25, 0.3) is 5.52 Å². The molecule has 0 aromatic carbocycles. The van der Waals surface area contributed by atoms with Crippen molar-refractivity contribution in [2.45, 2.75) is 6.92 Å². The number of carbonyl (C=O) groups is 2. The molecule has 2 rings (SSSR count). The van der Waals surface area contributed by atoms with Crippen molar-refractivity contribution in [3.63, 3.8) is 0 Å². The molecule has 0 bridgehead atoms. The van der Waals surface area contributed by atoms with Gasteiger partial charge in [-0.3, -0.25) is 0 Å². The number of carbonyl (C=O) groups excluding carboxylic acids is 1. The molecule has 0 aliphatic carbocycles. The zero-order valence-corrected chi connectivity index (χ0v) is 9.51. The van der Waals surface area contributed by atoms with Crippen molar-refractivity contribution in [2.75, 3.05) is 6.61 Å². The molecule has 1 N–H and O–H groups in total. The smallest absolute Gasteiger partial charge is 0.352 e. The van der Waals surface area contributed by atoms with E-state index in [-0.39, 0.29) is 23.4 Å². The summed E-state index contributed by atoms with van der Waals surface area (Å²) in [5.74, 6) is -2.66. The van der Waals surface area contributed by atoms with E-state index in [1.807, 2.05) is 0 Å². The average Bonchev–Trinajstić information content (AvgIpc) is 2.70. The number of carboxylic acids is 1. The molecule has 0 fully saturated rings. The van der Waals surface area contributed by atoms with Crippen LogP contribution in [0.1, 0.15) is 27.8 Å². The van der Waals surface area contributed by atoms with E-state index in [0.717, 1.165) is 16.5 Å². The van der Waals surface area contributed by atoms with Gasteiger partial charge in [0, 0.05) is 6.20 Å². The predicted molar refractivity (Wildman–Crippen MR) is 60.3 cm³/mol. The number of carboxylic acid groups (broad SMARTS) is 1. The van der Waals surface area contributed by atoms with Gasteiger partial charge in [0.1, 0.15) is 11.5 Å². The Kier molecular flexibility index (Phi) is 3.01. The van der Waals surface area contributed by atoms with Crippen LogP contribution in [0.4, 0.5) is 4.39 Å². The van der Waals surface area contributed by atoms with E-state index in [1.165, 1.54) is 12.3 Å². The first kappa shape index (κ1) is 12.1. The molecule has 0 atom stereocenters. The first-order chi connectivity index (χ1) is 8.56. The normalized spacial score (nSPS) is 10.6. The molecule has 94 valence electrons. The lowest BCUT2D eigenvalue weighted by molar-refractivity contribution is 0.0528. The number of esters is 1. The molecule has 18 heavy (non-hydrogen) atoms. The molecule has 0 aliphatic rings. The molecule has 2 aromatic rings. The highest BCUT2D eigenvalue weighted by atomic mass is 19.1. The van der Waals surface area contributed by atoms with Crippen LogP contribution in [0, 0.1) is 5.82 Å². The maximum absolute atomic E-state index is 13.7. The maximum Gasteiger partial charge on any atom is 0.352 e. The number of aromatic carboxylic acids is 1. The molecular formula is C12H10FNO4. The first-order valence-corrected chi connectivity index (χ1v) is 5.26. The summed E-state index contributed by atoms with van der Waals surface area (Å²) in [4.78, 5) is 22.7. The minimum atomic E-state index is -1.24. The van der Waals surface area contributed by atoms with Gasteiger partial charge in [0.2, 0.25) is 0 Å². The van der Waals surface area contributed by atoms with Gasteiger partial charge in [-0.15, -0.1) is 0 Å². The van der Waals surface area contributed by atoms with Gasteiger partial charge < -0.3 is 14.2 Å². The number of hydrogen-bond donors (Lipinski definition) is 1. The number of ether oxygens (including phenoxy) is 1. The van der Waals surface area contributed by atoms with E-state index in [2.05, 4.69) is 0 Å². The summed E-state index contributed by atoms with van der Waals surface area (Å²) in [6.45, 7) is 1.75. The highest BCUT2D eigenvalue weighted by molar-refractivity contribution is 6.01. The Bertz CT molecular complexity index is 632. The molecule has 6 heteroatoms. The molecular weight excluding hydrogens is 241 g/mol. The van der Waals surface area contributed by atoms with E-state index in [9.17, 15) is 14.0 Å². The van der Waals surface area contributed by atoms with Gasteiger partial charge >= 0.3 is 11.9 Å². The van der Waals surface area contributed by atoms with Crippen LogP contribution in [-0.2, 0) is 4.74 Å². The number of aromatic nitrogens is 1. The third kappa shape index (κ3) is 1.81. The minimum absolute atomic E-state index is 0.0895. The van der Waals surface area contributed by atoms with Crippen LogP contribution in [0.5, 0.6) is 0 Å². The molecule has 0 saturated carbocycles. The number of hydrogen-bond acceptors (Lipinski definition) is 3. The zero-order chi connectivity index (χ0) is 13.3. The van der Waals surface area contributed by atoms with Crippen LogP contribution < -0.4 is 0 Å². The average molecular weight is 251 g/mol.